The fraction of sp³-hybridized carbons (Fsp3) is 0.100. The maximum Gasteiger partial charge on any atom is 0.152 e. The number of aryl methyl sites for hydroxylation is 1. The van der Waals surface area contributed by atoms with Crippen LogP contribution < -0.4 is 0 Å². The zero-order chi connectivity index (χ0) is 8.55. The molecule has 1 aromatic heterocycles. The van der Waals surface area contributed by atoms with E-state index in [9.17, 15) is 4.79 Å². The van der Waals surface area contributed by atoms with E-state index < -0.39 is 0 Å². The molecule has 0 saturated carbocycles. The molecule has 2 aromatic rings. The molecule has 0 fully saturated rings. The Kier molecular flexibility index (Phi) is 1.47. The maximum absolute atomic E-state index is 10.6. The molecule has 2 nitrogen and oxygen atoms in total. The molecule has 0 aliphatic carbocycles. The van der Waals surface area contributed by atoms with Crippen LogP contribution in [0.15, 0.2) is 24.3 Å². The smallest absolute Gasteiger partial charge is 0.152 e. The van der Waals surface area contributed by atoms with Gasteiger partial charge in [0.25, 0.3) is 0 Å². The van der Waals surface area contributed by atoms with Crippen LogP contribution in [0.25, 0.3) is 10.9 Å². The lowest BCUT2D eigenvalue weighted by Gasteiger charge is -1.92. The normalized spacial score (nSPS) is 10.4. The van der Waals surface area contributed by atoms with E-state index in [0.29, 0.717) is 5.56 Å². The van der Waals surface area contributed by atoms with E-state index in [1.807, 2.05) is 35.9 Å². The molecule has 2 rings (SSSR count). The van der Waals surface area contributed by atoms with Crippen molar-refractivity contribution >= 4 is 17.2 Å². The first-order valence-electron chi connectivity index (χ1n) is 3.75. The van der Waals surface area contributed by atoms with Gasteiger partial charge in [-0.05, 0) is 6.07 Å². The van der Waals surface area contributed by atoms with Crippen molar-refractivity contribution in [1.29, 1.82) is 0 Å². The van der Waals surface area contributed by atoms with Crippen molar-refractivity contribution in [2.75, 3.05) is 0 Å². The number of rotatable bonds is 1. The standard InChI is InChI=1S/C10H8NO/c1-11-6-8(7-12)9-4-2-3-5-10(9)11/h2-5,7H,1H3. The van der Waals surface area contributed by atoms with Crippen LogP contribution in [0.3, 0.4) is 0 Å². The van der Waals surface area contributed by atoms with Gasteiger partial charge in [-0.3, -0.25) is 4.79 Å². The Labute approximate surface area is 70.4 Å². The highest BCUT2D eigenvalue weighted by molar-refractivity contribution is 5.97. The summed E-state index contributed by atoms with van der Waals surface area (Å²) in [5, 5.41) is 0.968. The van der Waals surface area contributed by atoms with Crippen LogP contribution in [0.4, 0.5) is 0 Å². The van der Waals surface area contributed by atoms with E-state index in [2.05, 4.69) is 6.20 Å². The van der Waals surface area contributed by atoms with Crippen molar-refractivity contribution in [1.82, 2.24) is 4.57 Å². The van der Waals surface area contributed by atoms with E-state index in [1.165, 1.54) is 0 Å². The maximum atomic E-state index is 10.6. The number of hydrogen-bond acceptors (Lipinski definition) is 1. The molecule has 0 unspecified atom stereocenters. The molecule has 0 aliphatic heterocycles. The third kappa shape index (κ3) is 0.848. The van der Waals surface area contributed by atoms with Crippen molar-refractivity contribution in [2.24, 2.45) is 7.05 Å². The van der Waals surface area contributed by atoms with Gasteiger partial charge in [0.1, 0.15) is 0 Å². The Bertz CT molecular complexity index is 428. The molecule has 1 radical (unpaired) electrons. The molecule has 0 bridgehead atoms. The van der Waals surface area contributed by atoms with E-state index in [4.69, 9.17) is 0 Å². The summed E-state index contributed by atoms with van der Waals surface area (Å²) in [7, 11) is 1.88. The largest absolute Gasteiger partial charge is 0.342 e. The number of benzene rings is 1. The number of carbonyl (C=O) groups excluding carboxylic acids is 1. The Morgan fingerprint density at radius 2 is 2.17 bits per heavy atom. The van der Waals surface area contributed by atoms with Crippen molar-refractivity contribution < 1.29 is 4.79 Å². The number of aldehydes is 1. The third-order valence-electron chi connectivity index (χ3n) is 1.96. The fourth-order valence-electron chi connectivity index (χ4n) is 1.38. The molecule has 12 heavy (non-hydrogen) atoms. The van der Waals surface area contributed by atoms with Gasteiger partial charge >= 0.3 is 0 Å². The summed E-state index contributed by atoms with van der Waals surface area (Å²) < 4.78 is 1.83. The second-order valence-electron chi connectivity index (χ2n) is 2.72. The van der Waals surface area contributed by atoms with Gasteiger partial charge in [0.15, 0.2) is 6.29 Å². The van der Waals surface area contributed by atoms with Gasteiger partial charge in [-0.15, -0.1) is 0 Å². The summed E-state index contributed by atoms with van der Waals surface area (Å²) in [6.45, 7) is 0. The van der Waals surface area contributed by atoms with Crippen LogP contribution in [0.5, 0.6) is 0 Å². The Morgan fingerprint density at radius 3 is 2.92 bits per heavy atom. The molecular weight excluding hydrogens is 150 g/mol. The summed E-state index contributed by atoms with van der Waals surface area (Å²) in [5.74, 6) is 0. The van der Waals surface area contributed by atoms with E-state index >= 15 is 0 Å². The first kappa shape index (κ1) is 7.10. The highest BCUT2D eigenvalue weighted by atomic mass is 16.1. The van der Waals surface area contributed by atoms with Crippen LogP contribution in [-0.2, 0) is 7.05 Å². The minimum Gasteiger partial charge on any atom is -0.342 e. The van der Waals surface area contributed by atoms with Gasteiger partial charge in [-0.25, -0.2) is 0 Å². The van der Waals surface area contributed by atoms with Crippen LogP contribution in [0, 0.1) is 6.20 Å². The van der Waals surface area contributed by atoms with E-state index in [0.717, 1.165) is 17.2 Å². The minimum atomic E-state index is 0.633. The Morgan fingerprint density at radius 1 is 1.42 bits per heavy atom. The zero-order valence-electron chi connectivity index (χ0n) is 6.74. The summed E-state index contributed by atoms with van der Waals surface area (Å²) in [6, 6.07) is 7.77. The van der Waals surface area contributed by atoms with Crippen LogP contribution in [0.2, 0.25) is 0 Å². The molecule has 0 atom stereocenters. The van der Waals surface area contributed by atoms with Gasteiger partial charge in [-0.1, -0.05) is 18.2 Å². The molecule has 0 aliphatic rings. The van der Waals surface area contributed by atoms with Gasteiger partial charge in [-0.2, -0.15) is 0 Å². The number of carbonyl (C=O) groups is 1. The van der Waals surface area contributed by atoms with Gasteiger partial charge < -0.3 is 4.57 Å². The molecule has 2 heteroatoms. The first-order chi connectivity index (χ1) is 5.83. The van der Waals surface area contributed by atoms with Gasteiger partial charge in [0.2, 0.25) is 0 Å². The lowest BCUT2D eigenvalue weighted by atomic mass is 10.2. The second-order valence-corrected chi connectivity index (χ2v) is 2.72. The predicted molar refractivity (Wildman–Crippen MR) is 47.1 cm³/mol. The Hall–Kier alpha value is -1.57. The van der Waals surface area contributed by atoms with Crippen LogP contribution in [-0.4, -0.2) is 10.9 Å². The summed E-state index contributed by atoms with van der Waals surface area (Å²) >= 11 is 0. The lowest BCUT2D eigenvalue weighted by molar-refractivity contribution is 0.112. The van der Waals surface area contributed by atoms with Crippen LogP contribution >= 0.6 is 0 Å². The second kappa shape index (κ2) is 2.48. The van der Waals surface area contributed by atoms with Gasteiger partial charge in [0.05, 0.1) is 6.20 Å². The van der Waals surface area contributed by atoms with Crippen molar-refractivity contribution in [3.8, 4) is 0 Å². The SMILES string of the molecule is Cn1[c]c(C=O)c2ccccc21. The average Bonchev–Trinajstić information content (AvgIpc) is 2.44. The number of hydrogen-bond donors (Lipinski definition) is 0. The molecule has 59 valence electrons. The number of aromatic nitrogens is 1. The molecule has 0 saturated heterocycles. The average molecular weight is 158 g/mol. The summed E-state index contributed by atoms with van der Waals surface area (Å²) in [6.07, 6.45) is 3.79. The molecule has 0 N–H and O–H groups in total. The Balaban J connectivity index is 2.91. The highest BCUT2D eigenvalue weighted by Crippen LogP contribution is 2.17. The number of fused-ring (bicyclic) bond motifs is 1. The van der Waals surface area contributed by atoms with Crippen molar-refractivity contribution in [3.63, 3.8) is 0 Å². The zero-order valence-corrected chi connectivity index (χ0v) is 6.74. The molecule has 0 spiro atoms. The molecule has 1 aromatic carbocycles. The van der Waals surface area contributed by atoms with E-state index in [1.54, 1.807) is 0 Å². The predicted octanol–water partition coefficient (Wildman–Crippen LogP) is 1.79. The monoisotopic (exact) mass is 158 g/mol. The number of para-hydroxylation sites is 1. The van der Waals surface area contributed by atoms with Crippen molar-refractivity contribution in [3.05, 3.63) is 36.0 Å². The highest BCUT2D eigenvalue weighted by Gasteiger charge is 2.03. The topological polar surface area (TPSA) is 22.0 Å². The fourth-order valence-corrected chi connectivity index (χ4v) is 1.38. The van der Waals surface area contributed by atoms with E-state index in [-0.39, 0.29) is 0 Å². The lowest BCUT2D eigenvalue weighted by Crippen LogP contribution is -1.82. The van der Waals surface area contributed by atoms with Gasteiger partial charge in [0, 0.05) is 23.5 Å². The summed E-state index contributed by atoms with van der Waals surface area (Å²) in [5.41, 5.74) is 1.67. The first-order valence-corrected chi connectivity index (χ1v) is 3.75. The number of nitrogens with zero attached hydrogens (tertiary/aromatic N) is 1. The molecule has 0 amide bonds. The minimum absolute atomic E-state index is 0.633. The molecule has 1 heterocycles. The van der Waals surface area contributed by atoms with Crippen LogP contribution in [0.1, 0.15) is 10.4 Å². The van der Waals surface area contributed by atoms with Crippen molar-refractivity contribution in [2.45, 2.75) is 0 Å². The third-order valence-corrected chi connectivity index (χ3v) is 1.96. The summed E-state index contributed by atoms with van der Waals surface area (Å²) in [4.78, 5) is 10.6. The molecular formula is C10H8NO. The quantitative estimate of drug-likeness (QED) is 0.580.